The zero-order valence-corrected chi connectivity index (χ0v) is 13.9. The summed E-state index contributed by atoms with van der Waals surface area (Å²) < 4.78 is 4.18. The summed E-state index contributed by atoms with van der Waals surface area (Å²) >= 11 is 1.32. The largest absolute Gasteiger partial charge is 0.382 e. The van der Waals surface area contributed by atoms with Gasteiger partial charge in [-0.05, 0) is 58.4 Å². The number of carbonyl (C=O) groups excluding carboxylic acids is 1. The predicted octanol–water partition coefficient (Wildman–Crippen LogP) is 1.40. The lowest BCUT2D eigenvalue weighted by atomic mass is 10.2. The van der Waals surface area contributed by atoms with E-state index < -0.39 is 0 Å². The summed E-state index contributed by atoms with van der Waals surface area (Å²) in [4.78, 5) is 16.7. The smallest absolute Gasteiger partial charge is 0.258 e. The molecule has 0 saturated heterocycles. The lowest BCUT2D eigenvalue weighted by Gasteiger charge is -2.23. The van der Waals surface area contributed by atoms with Gasteiger partial charge >= 0.3 is 0 Å². The zero-order valence-electron chi connectivity index (χ0n) is 13.1. The predicted molar refractivity (Wildman–Crippen MR) is 88.1 cm³/mol. The summed E-state index contributed by atoms with van der Waals surface area (Å²) in [6.45, 7) is 4.86. The molecule has 0 aromatic carbocycles. The maximum atomic E-state index is 12.3. The maximum Gasteiger partial charge on any atom is 0.258 e. The molecule has 0 spiro atoms. The molecule has 21 heavy (non-hydrogen) atoms. The molecule has 118 valence electrons. The number of anilines is 2. The van der Waals surface area contributed by atoms with Crippen LogP contribution in [-0.2, 0) is 0 Å². The van der Waals surface area contributed by atoms with E-state index >= 15 is 0 Å². The monoisotopic (exact) mass is 311 g/mol. The van der Waals surface area contributed by atoms with Crippen LogP contribution in [0.15, 0.2) is 0 Å². The molecule has 1 saturated carbocycles. The normalized spacial score (nSPS) is 14.5. The van der Waals surface area contributed by atoms with Gasteiger partial charge < -0.3 is 20.9 Å². The van der Waals surface area contributed by atoms with Gasteiger partial charge in [-0.1, -0.05) is 0 Å². The molecular weight excluding hydrogens is 286 g/mol. The fourth-order valence-corrected chi connectivity index (χ4v) is 3.09. The van der Waals surface area contributed by atoms with Crippen LogP contribution in [0.5, 0.6) is 0 Å². The fourth-order valence-electron chi connectivity index (χ4n) is 2.19. The first-order valence-electron chi connectivity index (χ1n) is 7.48. The Morgan fingerprint density at radius 2 is 2.14 bits per heavy atom. The first-order valence-corrected chi connectivity index (χ1v) is 8.26. The number of nitrogens with zero attached hydrogens (tertiary/aromatic N) is 3. The topological polar surface area (TPSA) is 74.5 Å². The van der Waals surface area contributed by atoms with Gasteiger partial charge in [-0.3, -0.25) is 4.79 Å². The van der Waals surface area contributed by atoms with Crippen LogP contribution in [0.1, 0.15) is 36.5 Å². The molecule has 0 bridgehead atoms. The van der Waals surface area contributed by atoms with E-state index in [1.54, 1.807) is 0 Å². The Morgan fingerprint density at radius 3 is 2.71 bits per heavy atom. The first-order chi connectivity index (χ1) is 10.0. The summed E-state index contributed by atoms with van der Waals surface area (Å²) in [7, 11) is 4.13. The number of hydrogen-bond donors (Lipinski definition) is 2. The standard InChI is InChI=1S/C14H25N5OS/c1-4-19(9-5-8-18(2)3)14-11(12(15)17-21-14)13(20)16-10-6-7-10/h10H,4-9H2,1-3H3,(H2,15,17)(H,16,20). The second kappa shape index (κ2) is 7.09. The average molecular weight is 311 g/mol. The van der Waals surface area contributed by atoms with Crippen LogP contribution < -0.4 is 16.0 Å². The van der Waals surface area contributed by atoms with Gasteiger partial charge in [0.1, 0.15) is 10.6 Å². The molecule has 1 amide bonds. The third kappa shape index (κ3) is 4.31. The van der Waals surface area contributed by atoms with Gasteiger partial charge in [0.2, 0.25) is 0 Å². The van der Waals surface area contributed by atoms with Crippen molar-refractivity contribution in [3.63, 3.8) is 0 Å². The molecular formula is C14H25N5OS. The highest BCUT2D eigenvalue weighted by atomic mass is 32.1. The number of amides is 1. The van der Waals surface area contributed by atoms with Crippen LogP contribution in [0.4, 0.5) is 10.8 Å². The van der Waals surface area contributed by atoms with Gasteiger partial charge in [0.25, 0.3) is 5.91 Å². The molecule has 1 fully saturated rings. The molecule has 1 aromatic heterocycles. The van der Waals surface area contributed by atoms with E-state index in [9.17, 15) is 4.79 Å². The first kappa shape index (κ1) is 16.0. The van der Waals surface area contributed by atoms with E-state index in [0.29, 0.717) is 17.4 Å². The molecule has 0 aliphatic heterocycles. The molecule has 1 aliphatic rings. The minimum absolute atomic E-state index is 0.0789. The molecule has 1 aromatic rings. The van der Waals surface area contributed by atoms with Crippen LogP contribution in [-0.4, -0.2) is 55.0 Å². The lowest BCUT2D eigenvalue weighted by Crippen LogP contribution is -2.31. The van der Waals surface area contributed by atoms with E-state index in [1.807, 2.05) is 0 Å². The van der Waals surface area contributed by atoms with Crippen molar-refractivity contribution >= 4 is 28.3 Å². The van der Waals surface area contributed by atoms with Crippen LogP contribution in [0, 0.1) is 0 Å². The van der Waals surface area contributed by atoms with Gasteiger partial charge in [0.05, 0.1) is 0 Å². The minimum atomic E-state index is -0.0789. The van der Waals surface area contributed by atoms with Crippen LogP contribution in [0.3, 0.4) is 0 Å². The summed E-state index contributed by atoms with van der Waals surface area (Å²) in [5.41, 5.74) is 6.47. The van der Waals surface area contributed by atoms with Crippen molar-refractivity contribution < 1.29 is 4.79 Å². The maximum absolute atomic E-state index is 12.3. The molecule has 3 N–H and O–H groups in total. The molecule has 1 heterocycles. The Labute approximate surface area is 130 Å². The van der Waals surface area contributed by atoms with Crippen molar-refractivity contribution in [2.24, 2.45) is 0 Å². The quantitative estimate of drug-likeness (QED) is 0.759. The van der Waals surface area contributed by atoms with Gasteiger partial charge in [0.15, 0.2) is 5.82 Å². The number of hydrogen-bond acceptors (Lipinski definition) is 6. The van der Waals surface area contributed by atoms with Crippen molar-refractivity contribution in [3.05, 3.63) is 5.56 Å². The molecule has 6 nitrogen and oxygen atoms in total. The van der Waals surface area contributed by atoms with Gasteiger partial charge in [-0.25, -0.2) is 0 Å². The number of nitrogen functional groups attached to an aromatic ring is 1. The van der Waals surface area contributed by atoms with Crippen molar-refractivity contribution in [1.29, 1.82) is 0 Å². The van der Waals surface area contributed by atoms with Gasteiger partial charge in [-0.15, -0.1) is 0 Å². The Balaban J connectivity index is 2.07. The molecule has 0 atom stereocenters. The van der Waals surface area contributed by atoms with E-state index in [-0.39, 0.29) is 5.91 Å². The van der Waals surface area contributed by atoms with Crippen LogP contribution in [0.2, 0.25) is 0 Å². The highest BCUT2D eigenvalue weighted by Crippen LogP contribution is 2.31. The molecule has 7 heteroatoms. The number of nitrogens with two attached hydrogens (primary N) is 1. The van der Waals surface area contributed by atoms with Crippen molar-refractivity contribution in [1.82, 2.24) is 14.6 Å². The van der Waals surface area contributed by atoms with E-state index in [2.05, 4.69) is 40.5 Å². The van der Waals surface area contributed by atoms with Crippen LogP contribution in [0.25, 0.3) is 0 Å². The lowest BCUT2D eigenvalue weighted by molar-refractivity contribution is 0.0952. The number of aromatic nitrogens is 1. The summed E-state index contributed by atoms with van der Waals surface area (Å²) in [5, 5.41) is 3.90. The Bertz CT molecular complexity index is 484. The third-order valence-electron chi connectivity index (χ3n) is 3.54. The Morgan fingerprint density at radius 1 is 1.43 bits per heavy atom. The molecule has 0 radical (unpaired) electrons. The van der Waals surface area contributed by atoms with Crippen LogP contribution >= 0.6 is 11.5 Å². The number of carbonyl (C=O) groups is 1. The van der Waals surface area contributed by atoms with E-state index in [4.69, 9.17) is 5.73 Å². The summed E-state index contributed by atoms with van der Waals surface area (Å²) in [6, 6.07) is 0.327. The second-order valence-corrected chi connectivity index (χ2v) is 6.48. The van der Waals surface area contributed by atoms with E-state index in [1.165, 1.54) is 11.5 Å². The van der Waals surface area contributed by atoms with Gasteiger partial charge in [0, 0.05) is 19.1 Å². The number of rotatable bonds is 8. The van der Waals surface area contributed by atoms with Crippen molar-refractivity contribution in [2.75, 3.05) is 44.4 Å². The highest BCUT2D eigenvalue weighted by Gasteiger charge is 2.28. The molecule has 0 unspecified atom stereocenters. The highest BCUT2D eigenvalue weighted by molar-refractivity contribution is 7.11. The summed E-state index contributed by atoms with van der Waals surface area (Å²) in [6.07, 6.45) is 3.18. The molecule has 2 rings (SSSR count). The SMILES string of the molecule is CCN(CCCN(C)C)c1snc(N)c1C(=O)NC1CC1. The average Bonchev–Trinajstić information content (AvgIpc) is 3.15. The van der Waals surface area contributed by atoms with Crippen molar-refractivity contribution in [2.45, 2.75) is 32.2 Å². The Kier molecular flexibility index (Phi) is 5.41. The van der Waals surface area contributed by atoms with E-state index in [0.717, 1.165) is 43.9 Å². The van der Waals surface area contributed by atoms with Crippen molar-refractivity contribution in [3.8, 4) is 0 Å². The zero-order chi connectivity index (χ0) is 15.4. The second-order valence-electron chi connectivity index (χ2n) is 5.73. The fraction of sp³-hybridized carbons (Fsp3) is 0.714. The minimum Gasteiger partial charge on any atom is -0.382 e. The Hall–Kier alpha value is -1.34. The number of nitrogens with one attached hydrogen (secondary N) is 1. The molecule has 1 aliphatic carbocycles. The third-order valence-corrected chi connectivity index (χ3v) is 4.47. The summed E-state index contributed by atoms with van der Waals surface area (Å²) in [5.74, 6) is 0.268. The van der Waals surface area contributed by atoms with Gasteiger partial charge in [-0.2, -0.15) is 4.37 Å².